The van der Waals surface area contributed by atoms with Crippen molar-refractivity contribution in [1.29, 1.82) is 0 Å². The van der Waals surface area contributed by atoms with Gasteiger partial charge in [-0.25, -0.2) is 13.8 Å². The highest BCUT2D eigenvalue weighted by Crippen LogP contribution is 2.29. The number of benzene rings is 1. The van der Waals surface area contributed by atoms with Gasteiger partial charge in [-0.1, -0.05) is 10.7 Å². The van der Waals surface area contributed by atoms with Gasteiger partial charge in [0, 0.05) is 18.8 Å². The molecular formula is C15H15FN4S. The maximum Gasteiger partial charge on any atom is 0.123 e. The molecule has 0 spiro atoms. The van der Waals surface area contributed by atoms with Crippen LogP contribution in [0.15, 0.2) is 47.7 Å². The van der Waals surface area contributed by atoms with Crippen molar-refractivity contribution in [3.63, 3.8) is 0 Å². The highest BCUT2D eigenvalue weighted by Gasteiger charge is 2.23. The number of anilines is 1. The second-order valence-corrected chi connectivity index (χ2v) is 6.59. The lowest BCUT2D eigenvalue weighted by molar-refractivity contribution is 0.621. The van der Waals surface area contributed by atoms with Crippen molar-refractivity contribution in [3.8, 4) is 0 Å². The molecule has 1 aliphatic rings. The molecule has 2 aromatic rings. The predicted octanol–water partition coefficient (Wildman–Crippen LogP) is 2.49. The number of hydrogen-bond donors (Lipinski definition) is 1. The van der Waals surface area contributed by atoms with Crippen LogP contribution in [0.3, 0.4) is 0 Å². The number of hydrogen-bond acceptors (Lipinski definition) is 4. The molecule has 1 aromatic carbocycles. The lowest BCUT2D eigenvalue weighted by Crippen LogP contribution is -2.14. The molecule has 0 radical (unpaired) electrons. The summed E-state index contributed by atoms with van der Waals surface area (Å²) in [6.45, 7) is 0. The first-order valence-corrected chi connectivity index (χ1v) is 7.99. The predicted molar refractivity (Wildman–Crippen MR) is 87.0 cm³/mol. The fourth-order valence-corrected chi connectivity index (χ4v) is 3.59. The van der Waals surface area contributed by atoms with Crippen LogP contribution >= 0.6 is 10.7 Å². The van der Waals surface area contributed by atoms with E-state index >= 15 is 0 Å². The van der Waals surface area contributed by atoms with Crippen molar-refractivity contribution in [2.24, 2.45) is 5.10 Å². The monoisotopic (exact) mass is 302 g/mol. The molecule has 0 aliphatic carbocycles. The van der Waals surface area contributed by atoms with Crippen LogP contribution in [0.2, 0.25) is 0 Å². The van der Waals surface area contributed by atoms with Crippen LogP contribution in [-0.4, -0.2) is 33.3 Å². The molecule has 0 amide bonds. The van der Waals surface area contributed by atoms with Gasteiger partial charge in [-0.3, -0.25) is 0 Å². The zero-order valence-electron chi connectivity index (χ0n) is 11.7. The Balaban J connectivity index is 2.12. The van der Waals surface area contributed by atoms with Crippen LogP contribution in [0.5, 0.6) is 0 Å². The Morgan fingerprint density at radius 2 is 1.86 bits per heavy atom. The highest BCUT2D eigenvalue weighted by atomic mass is 32.2. The molecule has 108 valence electrons. The normalized spacial score (nSPS) is 18.0. The molecule has 21 heavy (non-hydrogen) atoms. The SMILES string of the molecule is CN1N=C(c2ccc(F)cc2)C(c2ccnc(N)c2)=S1C. The van der Waals surface area contributed by atoms with E-state index < -0.39 is 0 Å². The first-order valence-electron chi connectivity index (χ1n) is 6.40. The van der Waals surface area contributed by atoms with Crippen LogP contribution in [0.1, 0.15) is 11.1 Å². The molecular weight excluding hydrogens is 287 g/mol. The average molecular weight is 302 g/mol. The molecule has 1 atom stereocenters. The zero-order valence-corrected chi connectivity index (χ0v) is 12.6. The van der Waals surface area contributed by atoms with Gasteiger partial charge in [0.2, 0.25) is 0 Å². The molecule has 0 bridgehead atoms. The van der Waals surface area contributed by atoms with E-state index in [-0.39, 0.29) is 16.5 Å². The van der Waals surface area contributed by atoms with E-state index in [1.807, 2.05) is 23.6 Å². The highest BCUT2D eigenvalue weighted by molar-refractivity contribution is 8.15. The van der Waals surface area contributed by atoms with Crippen LogP contribution in [0.4, 0.5) is 10.2 Å². The van der Waals surface area contributed by atoms with Crippen LogP contribution < -0.4 is 5.73 Å². The molecule has 4 nitrogen and oxygen atoms in total. The number of rotatable bonds is 2. The quantitative estimate of drug-likeness (QED) is 0.867. The zero-order chi connectivity index (χ0) is 15.0. The van der Waals surface area contributed by atoms with Crippen LogP contribution in [-0.2, 0) is 0 Å². The maximum absolute atomic E-state index is 13.1. The van der Waals surface area contributed by atoms with Gasteiger partial charge < -0.3 is 5.73 Å². The summed E-state index contributed by atoms with van der Waals surface area (Å²) in [4.78, 5) is 5.12. The molecule has 2 heterocycles. The molecule has 3 rings (SSSR count). The number of hydrazone groups is 1. The van der Waals surface area contributed by atoms with Gasteiger partial charge in [0.25, 0.3) is 0 Å². The Labute approximate surface area is 125 Å². The molecule has 0 fully saturated rings. The van der Waals surface area contributed by atoms with Crippen molar-refractivity contribution >= 4 is 27.1 Å². The summed E-state index contributed by atoms with van der Waals surface area (Å²) in [6, 6.07) is 10.2. The third-order valence-electron chi connectivity index (χ3n) is 3.31. The second-order valence-electron chi connectivity index (χ2n) is 4.70. The van der Waals surface area contributed by atoms with E-state index in [9.17, 15) is 4.39 Å². The topological polar surface area (TPSA) is 54.5 Å². The minimum atomic E-state index is -0.254. The Hall–Kier alpha value is -2.21. The Kier molecular flexibility index (Phi) is 3.47. The number of nitrogens with zero attached hydrogens (tertiary/aromatic N) is 3. The molecule has 1 unspecified atom stereocenters. The van der Waals surface area contributed by atoms with Crippen molar-refractivity contribution in [3.05, 3.63) is 59.5 Å². The Bertz CT molecular complexity index is 753. The van der Waals surface area contributed by atoms with E-state index in [0.717, 1.165) is 21.7 Å². The summed E-state index contributed by atoms with van der Waals surface area (Å²) in [7, 11) is 1.75. The summed E-state index contributed by atoms with van der Waals surface area (Å²) >= 11 is 0. The molecule has 2 N–H and O–H groups in total. The smallest absolute Gasteiger partial charge is 0.123 e. The number of pyridine rings is 1. The van der Waals surface area contributed by atoms with Crippen molar-refractivity contribution in [2.45, 2.75) is 0 Å². The van der Waals surface area contributed by atoms with E-state index in [1.165, 1.54) is 12.1 Å². The van der Waals surface area contributed by atoms with Gasteiger partial charge in [0.05, 0.1) is 4.86 Å². The number of aromatic nitrogens is 1. The van der Waals surface area contributed by atoms with Crippen molar-refractivity contribution < 1.29 is 4.39 Å². The van der Waals surface area contributed by atoms with Gasteiger partial charge in [-0.15, -0.1) is 0 Å². The van der Waals surface area contributed by atoms with E-state index in [4.69, 9.17) is 5.73 Å². The Morgan fingerprint density at radius 1 is 1.14 bits per heavy atom. The minimum absolute atomic E-state index is 0.181. The van der Waals surface area contributed by atoms with Gasteiger partial charge >= 0.3 is 0 Å². The van der Waals surface area contributed by atoms with E-state index in [1.54, 1.807) is 18.3 Å². The minimum Gasteiger partial charge on any atom is -0.384 e. The molecule has 1 aliphatic heterocycles. The third-order valence-corrected chi connectivity index (χ3v) is 5.20. The van der Waals surface area contributed by atoms with Gasteiger partial charge in [-0.2, -0.15) is 5.10 Å². The number of halogens is 1. The fourth-order valence-electron chi connectivity index (χ4n) is 2.21. The third kappa shape index (κ3) is 2.54. The van der Waals surface area contributed by atoms with Gasteiger partial charge in [-0.05, 0) is 48.2 Å². The lowest BCUT2D eigenvalue weighted by atomic mass is 10.0. The van der Waals surface area contributed by atoms with Crippen LogP contribution in [0.25, 0.3) is 0 Å². The molecule has 6 heteroatoms. The maximum atomic E-state index is 13.1. The second kappa shape index (κ2) is 5.29. The standard InChI is InChI=1S/C15H15FN4S/c1-20-19-14(10-3-5-12(16)6-4-10)15(21(20)2)11-7-8-18-13(17)9-11/h3-9H,1-2H3,(H2,17,18). The van der Waals surface area contributed by atoms with Crippen LogP contribution in [0, 0.1) is 5.82 Å². The summed E-state index contributed by atoms with van der Waals surface area (Å²) in [5.74, 6) is 0.223. The number of nitrogen functional groups attached to an aromatic ring is 1. The first-order chi connectivity index (χ1) is 10.1. The van der Waals surface area contributed by atoms with E-state index in [2.05, 4.69) is 16.3 Å². The summed E-state index contributed by atoms with van der Waals surface area (Å²) < 4.78 is 15.0. The largest absolute Gasteiger partial charge is 0.384 e. The summed E-state index contributed by atoms with van der Waals surface area (Å²) in [5, 5.41) is 4.60. The van der Waals surface area contributed by atoms with E-state index in [0.29, 0.717) is 5.82 Å². The summed E-state index contributed by atoms with van der Waals surface area (Å²) in [5.41, 5.74) is 8.54. The van der Waals surface area contributed by atoms with Gasteiger partial charge in [0.1, 0.15) is 17.3 Å². The molecule has 0 saturated heterocycles. The Morgan fingerprint density at radius 3 is 2.52 bits per heavy atom. The fraction of sp³-hybridized carbons (Fsp3) is 0.133. The first kappa shape index (κ1) is 13.8. The van der Waals surface area contributed by atoms with Gasteiger partial charge in [0.15, 0.2) is 0 Å². The average Bonchev–Trinajstić information content (AvgIpc) is 2.76. The lowest BCUT2D eigenvalue weighted by Gasteiger charge is -2.11. The molecule has 1 aromatic heterocycles. The molecule has 0 saturated carbocycles. The van der Waals surface area contributed by atoms with Crippen molar-refractivity contribution in [2.75, 3.05) is 19.0 Å². The summed E-state index contributed by atoms with van der Waals surface area (Å²) in [6.07, 6.45) is 3.79. The number of nitrogens with two attached hydrogens (primary N) is 1. The van der Waals surface area contributed by atoms with Crippen molar-refractivity contribution in [1.82, 2.24) is 9.40 Å².